The number of rotatable bonds is 3. The molecule has 2 nitrogen and oxygen atoms in total. The van der Waals surface area contributed by atoms with Crippen molar-refractivity contribution in [3.05, 3.63) is 34.9 Å². The molecule has 1 unspecified atom stereocenters. The van der Waals surface area contributed by atoms with E-state index in [9.17, 15) is 4.79 Å². The van der Waals surface area contributed by atoms with E-state index in [1.54, 1.807) is 0 Å². The van der Waals surface area contributed by atoms with E-state index < -0.39 is 0 Å². The lowest BCUT2D eigenvalue weighted by Gasteiger charge is -2.23. The number of carbonyl (C=O) groups excluding carboxylic acids is 1. The number of halogens is 1. The molecular weight excluding hydrogens is 246 g/mol. The van der Waals surface area contributed by atoms with Crippen molar-refractivity contribution in [3.8, 4) is 0 Å². The third kappa shape index (κ3) is 2.39. The van der Waals surface area contributed by atoms with Crippen LogP contribution in [-0.2, 0) is 4.79 Å². The smallest absolute Gasteiger partial charge is 0.230 e. The van der Waals surface area contributed by atoms with Crippen LogP contribution in [0.4, 0.5) is 0 Å². The zero-order chi connectivity index (χ0) is 12.5. The van der Waals surface area contributed by atoms with Gasteiger partial charge in [0.15, 0.2) is 0 Å². The summed E-state index contributed by atoms with van der Waals surface area (Å²) in [5.74, 6) is 0.956. The fourth-order valence-electron chi connectivity index (χ4n) is 2.85. The van der Waals surface area contributed by atoms with Crippen molar-refractivity contribution in [1.29, 1.82) is 0 Å². The highest BCUT2D eigenvalue weighted by atomic mass is 35.5. The van der Waals surface area contributed by atoms with E-state index in [0.717, 1.165) is 36.5 Å². The molecule has 1 aliphatic heterocycles. The third-order valence-corrected chi connectivity index (χ3v) is 4.26. The molecule has 1 aromatic rings. The first-order valence-electron chi connectivity index (χ1n) is 6.80. The lowest BCUT2D eigenvalue weighted by Crippen LogP contribution is -2.33. The van der Waals surface area contributed by atoms with Gasteiger partial charge in [0, 0.05) is 18.1 Å². The Balaban J connectivity index is 1.83. The highest BCUT2D eigenvalue weighted by Crippen LogP contribution is 2.44. The van der Waals surface area contributed by atoms with E-state index in [2.05, 4.69) is 0 Å². The number of hydrogen-bond acceptors (Lipinski definition) is 1. The molecule has 1 aliphatic carbocycles. The maximum Gasteiger partial charge on any atom is 0.230 e. The van der Waals surface area contributed by atoms with Crippen LogP contribution in [0.25, 0.3) is 0 Å². The summed E-state index contributed by atoms with van der Waals surface area (Å²) in [5.41, 5.74) is 1.14. The van der Waals surface area contributed by atoms with Crippen LogP contribution >= 0.6 is 11.6 Å². The molecular formula is C15H18ClNO. The van der Waals surface area contributed by atoms with Crippen molar-refractivity contribution < 1.29 is 4.79 Å². The molecule has 0 bridgehead atoms. The minimum Gasteiger partial charge on any atom is -0.342 e. The monoisotopic (exact) mass is 263 g/mol. The Labute approximate surface area is 113 Å². The van der Waals surface area contributed by atoms with Gasteiger partial charge in [-0.2, -0.15) is 0 Å². The molecule has 1 heterocycles. The summed E-state index contributed by atoms with van der Waals surface area (Å²) in [5, 5.41) is 0.738. The normalized spacial score (nSPS) is 21.1. The van der Waals surface area contributed by atoms with Crippen LogP contribution in [0.3, 0.4) is 0 Å². The van der Waals surface area contributed by atoms with Crippen molar-refractivity contribution >= 4 is 17.5 Å². The first kappa shape index (κ1) is 12.0. The minimum atomic E-state index is 0.0698. The number of amides is 1. The SMILES string of the molecule is O=C(C(c1ccc(Cl)cc1)C1CC1)N1CCCC1. The Morgan fingerprint density at radius 1 is 1.17 bits per heavy atom. The molecule has 1 saturated carbocycles. The van der Waals surface area contributed by atoms with Crippen molar-refractivity contribution in [2.75, 3.05) is 13.1 Å². The molecule has 2 fully saturated rings. The van der Waals surface area contributed by atoms with E-state index >= 15 is 0 Å². The Morgan fingerprint density at radius 3 is 2.33 bits per heavy atom. The fraction of sp³-hybridized carbons (Fsp3) is 0.533. The first-order chi connectivity index (χ1) is 8.75. The second kappa shape index (κ2) is 4.93. The summed E-state index contributed by atoms with van der Waals surface area (Å²) in [7, 11) is 0. The maximum absolute atomic E-state index is 12.6. The molecule has 18 heavy (non-hydrogen) atoms. The maximum atomic E-state index is 12.6. The molecule has 3 rings (SSSR count). The zero-order valence-electron chi connectivity index (χ0n) is 10.4. The molecule has 1 amide bonds. The van der Waals surface area contributed by atoms with Gasteiger partial charge in [-0.05, 0) is 49.3 Å². The van der Waals surface area contributed by atoms with Crippen LogP contribution in [-0.4, -0.2) is 23.9 Å². The quantitative estimate of drug-likeness (QED) is 0.818. The topological polar surface area (TPSA) is 20.3 Å². The summed E-state index contributed by atoms with van der Waals surface area (Å²) < 4.78 is 0. The summed E-state index contributed by atoms with van der Waals surface area (Å²) in [6.07, 6.45) is 4.69. The van der Waals surface area contributed by atoms with Gasteiger partial charge in [0.05, 0.1) is 5.92 Å². The molecule has 3 heteroatoms. The second-order valence-corrected chi connectivity index (χ2v) is 5.84. The van der Waals surface area contributed by atoms with E-state index in [1.807, 2.05) is 29.2 Å². The zero-order valence-corrected chi connectivity index (χ0v) is 11.2. The van der Waals surface area contributed by atoms with Crippen molar-refractivity contribution in [2.45, 2.75) is 31.6 Å². The molecule has 0 radical (unpaired) electrons. The Hall–Kier alpha value is -1.02. The molecule has 0 aromatic heterocycles. The van der Waals surface area contributed by atoms with E-state index in [0.29, 0.717) is 11.8 Å². The molecule has 1 atom stereocenters. The standard InChI is InChI=1S/C15H18ClNO/c16-13-7-5-12(6-8-13)14(11-3-4-11)15(18)17-9-1-2-10-17/h5-8,11,14H,1-4,9-10H2. The van der Waals surface area contributed by atoms with E-state index in [-0.39, 0.29) is 5.92 Å². The second-order valence-electron chi connectivity index (χ2n) is 5.40. The summed E-state index contributed by atoms with van der Waals surface area (Å²) in [6, 6.07) is 7.81. The van der Waals surface area contributed by atoms with Gasteiger partial charge >= 0.3 is 0 Å². The highest BCUT2D eigenvalue weighted by molar-refractivity contribution is 6.30. The molecule has 1 saturated heterocycles. The average Bonchev–Trinajstić information content (AvgIpc) is 3.05. The van der Waals surface area contributed by atoms with Crippen molar-refractivity contribution in [3.63, 3.8) is 0 Å². The predicted octanol–water partition coefficient (Wildman–Crippen LogP) is 3.46. The van der Waals surface area contributed by atoms with Gasteiger partial charge < -0.3 is 4.90 Å². The molecule has 2 aliphatic rings. The Morgan fingerprint density at radius 2 is 1.78 bits per heavy atom. The largest absolute Gasteiger partial charge is 0.342 e. The molecule has 0 spiro atoms. The summed E-state index contributed by atoms with van der Waals surface area (Å²) in [6.45, 7) is 1.88. The minimum absolute atomic E-state index is 0.0698. The van der Waals surface area contributed by atoms with E-state index in [1.165, 1.54) is 12.8 Å². The number of nitrogens with zero attached hydrogens (tertiary/aromatic N) is 1. The lowest BCUT2D eigenvalue weighted by molar-refractivity contribution is -0.132. The predicted molar refractivity (Wildman–Crippen MR) is 72.7 cm³/mol. The molecule has 96 valence electrons. The van der Waals surface area contributed by atoms with Crippen molar-refractivity contribution in [2.24, 2.45) is 5.92 Å². The fourth-order valence-corrected chi connectivity index (χ4v) is 2.98. The van der Waals surface area contributed by atoms with Gasteiger partial charge in [-0.3, -0.25) is 4.79 Å². The third-order valence-electron chi connectivity index (χ3n) is 4.01. The highest BCUT2D eigenvalue weighted by Gasteiger charge is 2.39. The van der Waals surface area contributed by atoms with Crippen LogP contribution in [0.1, 0.15) is 37.2 Å². The van der Waals surface area contributed by atoms with Gasteiger partial charge in [0.1, 0.15) is 0 Å². The van der Waals surface area contributed by atoms with Crippen molar-refractivity contribution in [1.82, 2.24) is 4.90 Å². The van der Waals surface area contributed by atoms with Crippen LogP contribution in [0.15, 0.2) is 24.3 Å². The summed E-state index contributed by atoms with van der Waals surface area (Å²) >= 11 is 5.92. The van der Waals surface area contributed by atoms with Gasteiger partial charge in [0.2, 0.25) is 5.91 Å². The van der Waals surface area contributed by atoms with Crippen LogP contribution in [0.5, 0.6) is 0 Å². The Bertz CT molecular complexity index is 432. The van der Waals surface area contributed by atoms with Crippen LogP contribution in [0.2, 0.25) is 5.02 Å². The number of hydrogen-bond donors (Lipinski definition) is 0. The van der Waals surface area contributed by atoms with E-state index in [4.69, 9.17) is 11.6 Å². The number of benzene rings is 1. The van der Waals surface area contributed by atoms with Gasteiger partial charge in [0.25, 0.3) is 0 Å². The van der Waals surface area contributed by atoms with Crippen LogP contribution < -0.4 is 0 Å². The van der Waals surface area contributed by atoms with Gasteiger partial charge in [-0.1, -0.05) is 23.7 Å². The number of carbonyl (C=O) groups is 1. The molecule has 0 N–H and O–H groups in total. The Kier molecular flexibility index (Phi) is 3.29. The lowest BCUT2D eigenvalue weighted by atomic mass is 9.93. The van der Waals surface area contributed by atoms with Crippen LogP contribution in [0, 0.1) is 5.92 Å². The average molecular weight is 264 g/mol. The molecule has 1 aromatic carbocycles. The summed E-state index contributed by atoms with van der Waals surface area (Å²) in [4.78, 5) is 14.6. The van der Waals surface area contributed by atoms with Gasteiger partial charge in [-0.15, -0.1) is 0 Å². The van der Waals surface area contributed by atoms with Gasteiger partial charge in [-0.25, -0.2) is 0 Å². The first-order valence-corrected chi connectivity index (χ1v) is 7.18. The number of likely N-dealkylation sites (tertiary alicyclic amines) is 1.